The molecule has 4 rings (SSSR count). The molecule has 4 aliphatic rings. The fourth-order valence-corrected chi connectivity index (χ4v) is 7.19. The number of rotatable bonds is 8. The predicted molar refractivity (Wildman–Crippen MR) is 137 cm³/mol. The van der Waals surface area contributed by atoms with Gasteiger partial charge >= 0.3 is 11.9 Å². The van der Waals surface area contributed by atoms with Gasteiger partial charge < -0.3 is 28.8 Å². The molecule has 11 atom stereocenters. The first-order chi connectivity index (χ1) is 18.0. The minimum Gasteiger partial charge on any atom is -0.469 e. The average Bonchev–Trinajstić information content (AvgIpc) is 3.13. The van der Waals surface area contributed by atoms with Gasteiger partial charge in [-0.3, -0.25) is 14.4 Å². The molecule has 9 heteroatoms. The zero-order chi connectivity index (χ0) is 27.8. The average molecular weight is 537 g/mol. The number of hydrogen-bond acceptors (Lipinski definition) is 9. The van der Waals surface area contributed by atoms with Gasteiger partial charge in [0.1, 0.15) is 18.0 Å². The maximum Gasteiger partial charge on any atom is 0.310 e. The first kappa shape index (κ1) is 29.2. The number of ether oxygens (including phenoxy) is 5. The van der Waals surface area contributed by atoms with Crippen LogP contribution in [0.5, 0.6) is 0 Å². The summed E-state index contributed by atoms with van der Waals surface area (Å²) >= 11 is 0. The van der Waals surface area contributed by atoms with Crippen molar-refractivity contribution in [3.05, 3.63) is 11.6 Å². The molecule has 214 valence electrons. The highest BCUT2D eigenvalue weighted by molar-refractivity contribution is 5.88. The monoisotopic (exact) mass is 536 g/mol. The summed E-state index contributed by atoms with van der Waals surface area (Å²) in [6, 6.07) is 0. The van der Waals surface area contributed by atoms with Crippen LogP contribution >= 0.6 is 0 Å². The molecule has 0 aromatic rings. The Bertz CT molecular complexity index is 931. The van der Waals surface area contributed by atoms with Crippen molar-refractivity contribution in [3.8, 4) is 0 Å². The summed E-state index contributed by atoms with van der Waals surface area (Å²) < 4.78 is 28.2. The Hall–Kier alpha value is -1.81. The standard InChI is InChI=1S/C29H44O9/c1-15-20(16(2)37-27(15)32)9-10-22(30)21-8-7-18-13-19(11-12-29(18,4)25(21)28(33)35-6)38-24-14-23(34-5)26(31)17(3)36-24/h7,15-17,19-21,23-26,31H,8-14H2,1-6H3/t15-,16-,17+,19-,20+,21+,23+,24-,25+,26-,29-/m0/s1. The van der Waals surface area contributed by atoms with Gasteiger partial charge in [0, 0.05) is 37.2 Å². The summed E-state index contributed by atoms with van der Waals surface area (Å²) in [6.07, 6.45) is 3.78. The van der Waals surface area contributed by atoms with Crippen LogP contribution in [0, 0.1) is 29.1 Å². The number of hydrogen-bond donors (Lipinski definition) is 1. The Morgan fingerprint density at radius 2 is 1.92 bits per heavy atom. The molecular weight excluding hydrogens is 492 g/mol. The molecule has 9 nitrogen and oxygen atoms in total. The van der Waals surface area contributed by atoms with Crippen molar-refractivity contribution >= 4 is 17.7 Å². The third kappa shape index (κ3) is 5.58. The van der Waals surface area contributed by atoms with Crippen LogP contribution in [0.15, 0.2) is 11.6 Å². The van der Waals surface area contributed by atoms with E-state index < -0.39 is 35.7 Å². The molecule has 2 aliphatic heterocycles. The van der Waals surface area contributed by atoms with Gasteiger partial charge in [0.05, 0.1) is 37.3 Å². The molecule has 3 fully saturated rings. The van der Waals surface area contributed by atoms with Crippen molar-refractivity contribution in [2.45, 2.75) is 109 Å². The molecule has 0 bridgehead atoms. The minimum absolute atomic E-state index is 0.00411. The summed E-state index contributed by atoms with van der Waals surface area (Å²) in [7, 11) is 2.96. The Labute approximate surface area is 225 Å². The molecule has 0 radical (unpaired) electrons. The van der Waals surface area contributed by atoms with Gasteiger partial charge in [-0.25, -0.2) is 0 Å². The van der Waals surface area contributed by atoms with Crippen LogP contribution in [-0.4, -0.2) is 73.9 Å². The van der Waals surface area contributed by atoms with Gasteiger partial charge in [0.2, 0.25) is 0 Å². The van der Waals surface area contributed by atoms with Crippen molar-refractivity contribution < 1.29 is 43.2 Å². The second-order valence-corrected chi connectivity index (χ2v) is 11.9. The molecule has 0 unspecified atom stereocenters. The van der Waals surface area contributed by atoms with E-state index in [1.807, 2.05) is 20.8 Å². The SMILES string of the molecule is COC(=O)[C@H]1[C@@H](C(=O)CC[C@H]2[C@H](C)OC(=O)[C@H]2C)CC=C2C[C@@H](O[C@H]3C[C@@H](OC)[C@@H](O)[C@@H](C)O3)CC[C@@]21C. The number of aliphatic hydroxyl groups excluding tert-OH is 1. The smallest absolute Gasteiger partial charge is 0.310 e. The third-order valence-electron chi connectivity index (χ3n) is 9.69. The fraction of sp³-hybridized carbons (Fsp3) is 0.828. The lowest BCUT2D eigenvalue weighted by Crippen LogP contribution is -2.51. The third-order valence-corrected chi connectivity index (χ3v) is 9.69. The predicted octanol–water partition coefficient (Wildman–Crippen LogP) is 3.36. The highest BCUT2D eigenvalue weighted by atomic mass is 16.7. The molecule has 0 aromatic carbocycles. The normalized spacial score (nSPS) is 43.1. The molecule has 0 spiro atoms. The number of Topliss-reactive ketones (excluding diaryl/α,β-unsaturated/α-hetero) is 1. The largest absolute Gasteiger partial charge is 0.469 e. The molecule has 1 N–H and O–H groups in total. The quantitative estimate of drug-likeness (QED) is 0.368. The highest BCUT2D eigenvalue weighted by Crippen LogP contribution is 2.54. The Balaban J connectivity index is 1.44. The van der Waals surface area contributed by atoms with Crippen LogP contribution in [0.3, 0.4) is 0 Å². The van der Waals surface area contributed by atoms with Crippen LogP contribution in [0.25, 0.3) is 0 Å². The number of carbonyl (C=O) groups excluding carboxylic acids is 3. The topological polar surface area (TPSA) is 118 Å². The number of aliphatic hydroxyl groups is 1. The molecule has 0 aromatic heterocycles. The summed E-state index contributed by atoms with van der Waals surface area (Å²) in [5, 5.41) is 10.3. The van der Waals surface area contributed by atoms with Crippen LogP contribution in [0.4, 0.5) is 0 Å². The highest BCUT2D eigenvalue weighted by Gasteiger charge is 2.53. The summed E-state index contributed by atoms with van der Waals surface area (Å²) in [6.45, 7) is 7.61. The molecule has 1 saturated carbocycles. The van der Waals surface area contributed by atoms with E-state index in [1.54, 1.807) is 7.11 Å². The second kappa shape index (κ2) is 11.7. The Kier molecular flexibility index (Phi) is 9.02. The molecular formula is C29H44O9. The lowest BCUT2D eigenvalue weighted by molar-refractivity contribution is -0.265. The van der Waals surface area contributed by atoms with Crippen molar-refractivity contribution in [2.24, 2.45) is 29.1 Å². The maximum atomic E-state index is 13.5. The van der Waals surface area contributed by atoms with Gasteiger partial charge in [-0.2, -0.15) is 0 Å². The maximum absolute atomic E-state index is 13.5. The zero-order valence-corrected chi connectivity index (χ0v) is 23.5. The van der Waals surface area contributed by atoms with E-state index in [1.165, 1.54) is 7.11 Å². The van der Waals surface area contributed by atoms with E-state index in [0.29, 0.717) is 44.9 Å². The molecule has 2 heterocycles. The van der Waals surface area contributed by atoms with Crippen LogP contribution in [0.1, 0.15) is 72.6 Å². The van der Waals surface area contributed by atoms with Crippen molar-refractivity contribution in [1.82, 2.24) is 0 Å². The first-order valence-corrected chi connectivity index (χ1v) is 14.0. The zero-order valence-electron chi connectivity index (χ0n) is 23.5. The van der Waals surface area contributed by atoms with Gasteiger partial charge in [-0.1, -0.05) is 25.5 Å². The fourth-order valence-electron chi connectivity index (χ4n) is 7.19. The van der Waals surface area contributed by atoms with Gasteiger partial charge in [0.25, 0.3) is 0 Å². The first-order valence-electron chi connectivity index (χ1n) is 14.0. The minimum atomic E-state index is -0.695. The van der Waals surface area contributed by atoms with E-state index in [9.17, 15) is 19.5 Å². The van der Waals surface area contributed by atoms with Gasteiger partial charge in [-0.15, -0.1) is 0 Å². The number of ketones is 1. The molecule has 38 heavy (non-hydrogen) atoms. The van der Waals surface area contributed by atoms with E-state index in [2.05, 4.69) is 13.0 Å². The lowest BCUT2D eigenvalue weighted by atomic mass is 9.55. The van der Waals surface area contributed by atoms with Crippen molar-refractivity contribution in [2.75, 3.05) is 14.2 Å². The number of allylic oxidation sites excluding steroid dienone is 1. The number of cyclic esters (lactones) is 1. The van der Waals surface area contributed by atoms with E-state index in [-0.39, 0.29) is 47.9 Å². The van der Waals surface area contributed by atoms with Gasteiger partial charge in [-0.05, 0) is 46.0 Å². The van der Waals surface area contributed by atoms with Crippen molar-refractivity contribution in [3.63, 3.8) is 0 Å². The molecule has 0 amide bonds. The number of methoxy groups -OCH3 is 2. The van der Waals surface area contributed by atoms with Crippen LogP contribution in [-0.2, 0) is 38.1 Å². The van der Waals surface area contributed by atoms with Gasteiger partial charge in [0.15, 0.2) is 6.29 Å². The number of esters is 2. The molecule has 2 saturated heterocycles. The van der Waals surface area contributed by atoms with E-state index >= 15 is 0 Å². The van der Waals surface area contributed by atoms with Crippen LogP contribution < -0.4 is 0 Å². The summed E-state index contributed by atoms with van der Waals surface area (Å²) in [5.41, 5.74) is 0.627. The summed E-state index contributed by atoms with van der Waals surface area (Å²) in [5.74, 6) is -1.75. The second-order valence-electron chi connectivity index (χ2n) is 11.9. The summed E-state index contributed by atoms with van der Waals surface area (Å²) in [4.78, 5) is 38.6. The molecule has 2 aliphatic carbocycles. The van der Waals surface area contributed by atoms with E-state index in [0.717, 1.165) is 5.57 Å². The number of carbonyl (C=O) groups is 3. The Morgan fingerprint density at radius 3 is 2.55 bits per heavy atom. The van der Waals surface area contributed by atoms with Crippen LogP contribution in [0.2, 0.25) is 0 Å². The van der Waals surface area contributed by atoms with E-state index in [4.69, 9.17) is 23.7 Å². The van der Waals surface area contributed by atoms with Crippen molar-refractivity contribution in [1.29, 1.82) is 0 Å². The number of fused-ring (bicyclic) bond motifs is 1. The Morgan fingerprint density at radius 1 is 1.18 bits per heavy atom. The lowest BCUT2D eigenvalue weighted by Gasteiger charge is -2.49.